The minimum Gasteiger partial charge on any atom is -0.462 e. The molecule has 0 aliphatic rings. The van der Waals surface area contributed by atoms with Crippen LogP contribution in [0.4, 0.5) is 0 Å². The van der Waals surface area contributed by atoms with E-state index in [0.29, 0.717) is 19.3 Å². The van der Waals surface area contributed by atoms with Gasteiger partial charge in [0.05, 0.1) is 0 Å². The highest BCUT2D eigenvalue weighted by Gasteiger charge is 2.19. The van der Waals surface area contributed by atoms with Crippen LogP contribution in [-0.2, 0) is 28.6 Å². The fraction of sp³-hybridized carbons (Fsp3) is 0.852. The number of unbranched alkanes of at least 4 members (excludes halogenated alkanes) is 37. The van der Waals surface area contributed by atoms with Crippen molar-refractivity contribution in [3.8, 4) is 0 Å². The van der Waals surface area contributed by atoms with E-state index in [-0.39, 0.29) is 31.1 Å². The zero-order valence-corrected chi connectivity index (χ0v) is 44.9. The molecule has 0 N–H and O–H groups in total. The number of hydrogen-bond acceptors (Lipinski definition) is 6. The Hall–Kier alpha value is -2.37. The molecule has 392 valence electrons. The van der Waals surface area contributed by atoms with Gasteiger partial charge in [0.25, 0.3) is 0 Å². The van der Waals surface area contributed by atoms with E-state index in [4.69, 9.17) is 14.2 Å². The summed E-state index contributed by atoms with van der Waals surface area (Å²) in [5.41, 5.74) is 0. The van der Waals surface area contributed by atoms with Gasteiger partial charge in [-0.15, -0.1) is 0 Å². The van der Waals surface area contributed by atoms with Gasteiger partial charge >= 0.3 is 17.9 Å². The van der Waals surface area contributed by atoms with E-state index in [1.54, 1.807) is 0 Å². The molecule has 6 nitrogen and oxygen atoms in total. The summed E-state index contributed by atoms with van der Waals surface area (Å²) in [7, 11) is 0. The molecule has 1 unspecified atom stereocenters. The summed E-state index contributed by atoms with van der Waals surface area (Å²) in [6.07, 6.45) is 67.4. The first-order chi connectivity index (χ1) is 33.0. The van der Waals surface area contributed by atoms with Gasteiger partial charge in [-0.25, -0.2) is 0 Å². The van der Waals surface area contributed by atoms with Gasteiger partial charge in [-0.05, 0) is 51.4 Å². The molecule has 0 aliphatic heterocycles. The van der Waals surface area contributed by atoms with Gasteiger partial charge in [0.15, 0.2) is 6.10 Å². The molecule has 0 saturated carbocycles. The Morgan fingerprint density at radius 2 is 0.582 bits per heavy atom. The van der Waals surface area contributed by atoms with Crippen molar-refractivity contribution in [2.75, 3.05) is 13.2 Å². The SMILES string of the molecule is CC/C=C\C/C=C\C/C=C\CCCCCC(=O)OC(COC(=O)CCCCCCCCCCCC)COC(=O)CCCCCCCCCCCCCCCCCCCCCCCCCCCC. The maximum absolute atomic E-state index is 12.8. The van der Waals surface area contributed by atoms with E-state index >= 15 is 0 Å². The number of ether oxygens (including phenoxy) is 3. The first-order valence-electron chi connectivity index (χ1n) is 29.5. The molecule has 0 radical (unpaired) electrons. The molecule has 0 aliphatic carbocycles. The molecule has 0 saturated heterocycles. The Labute approximate surface area is 416 Å². The van der Waals surface area contributed by atoms with Crippen LogP contribution in [0.25, 0.3) is 0 Å². The first-order valence-corrected chi connectivity index (χ1v) is 29.5. The Bertz CT molecular complexity index is 1130. The Morgan fingerprint density at radius 1 is 0.313 bits per heavy atom. The van der Waals surface area contributed by atoms with Crippen molar-refractivity contribution >= 4 is 17.9 Å². The highest BCUT2D eigenvalue weighted by Crippen LogP contribution is 2.17. The van der Waals surface area contributed by atoms with Crippen molar-refractivity contribution in [3.05, 3.63) is 36.5 Å². The Kier molecular flexibility index (Phi) is 54.2. The van der Waals surface area contributed by atoms with Crippen LogP contribution in [0.3, 0.4) is 0 Å². The standard InChI is InChI=1S/C61H112O6/c1-4-7-10-13-16-19-22-24-25-26-27-28-29-30-31-32-33-34-35-36-38-39-42-45-48-51-54-60(63)66-57-58(56-65-59(62)53-50-47-44-41-21-18-15-12-9-6-3)67-61(64)55-52-49-46-43-40-37-23-20-17-14-11-8-5-2/h8,11,17,20,37,40,58H,4-7,9-10,12-16,18-19,21-36,38-39,41-57H2,1-3H3/b11-8-,20-17-,40-37-. The lowest BCUT2D eigenvalue weighted by molar-refractivity contribution is -0.167. The molecule has 0 aromatic rings. The van der Waals surface area contributed by atoms with Crippen LogP contribution in [0.5, 0.6) is 0 Å². The van der Waals surface area contributed by atoms with Crippen LogP contribution in [0.1, 0.15) is 316 Å². The first kappa shape index (κ1) is 64.6. The lowest BCUT2D eigenvalue weighted by Crippen LogP contribution is -2.30. The molecule has 0 fully saturated rings. The molecule has 0 amide bonds. The maximum Gasteiger partial charge on any atom is 0.306 e. The molecule has 0 heterocycles. The number of esters is 3. The molecule has 0 spiro atoms. The van der Waals surface area contributed by atoms with E-state index in [1.165, 1.54) is 193 Å². The van der Waals surface area contributed by atoms with Crippen LogP contribution in [0.2, 0.25) is 0 Å². The topological polar surface area (TPSA) is 78.9 Å². The fourth-order valence-corrected chi connectivity index (χ4v) is 8.75. The summed E-state index contributed by atoms with van der Waals surface area (Å²) in [4.78, 5) is 38.0. The smallest absolute Gasteiger partial charge is 0.306 e. The van der Waals surface area contributed by atoms with Gasteiger partial charge in [-0.3, -0.25) is 14.4 Å². The average Bonchev–Trinajstić information content (AvgIpc) is 3.33. The predicted octanol–water partition coefficient (Wildman–Crippen LogP) is 19.7. The van der Waals surface area contributed by atoms with Crippen molar-refractivity contribution in [2.24, 2.45) is 0 Å². The molecular formula is C61H112O6. The second kappa shape index (κ2) is 56.2. The summed E-state index contributed by atoms with van der Waals surface area (Å²) < 4.78 is 16.8. The summed E-state index contributed by atoms with van der Waals surface area (Å²) >= 11 is 0. The lowest BCUT2D eigenvalue weighted by atomic mass is 10.0. The van der Waals surface area contributed by atoms with Crippen LogP contribution >= 0.6 is 0 Å². The summed E-state index contributed by atoms with van der Waals surface area (Å²) in [5.74, 6) is -0.895. The van der Waals surface area contributed by atoms with Crippen molar-refractivity contribution in [1.82, 2.24) is 0 Å². The fourth-order valence-electron chi connectivity index (χ4n) is 8.75. The van der Waals surface area contributed by atoms with Gasteiger partial charge in [0, 0.05) is 19.3 Å². The van der Waals surface area contributed by atoms with Crippen molar-refractivity contribution < 1.29 is 28.6 Å². The van der Waals surface area contributed by atoms with Gasteiger partial charge in [-0.1, -0.05) is 282 Å². The van der Waals surface area contributed by atoms with Gasteiger partial charge in [-0.2, -0.15) is 0 Å². The maximum atomic E-state index is 12.8. The van der Waals surface area contributed by atoms with Crippen LogP contribution < -0.4 is 0 Å². The van der Waals surface area contributed by atoms with E-state index in [1.807, 2.05) is 0 Å². The zero-order valence-electron chi connectivity index (χ0n) is 44.9. The number of rotatable bonds is 54. The third-order valence-electron chi connectivity index (χ3n) is 13.2. The molecule has 6 heteroatoms. The van der Waals surface area contributed by atoms with Crippen molar-refractivity contribution in [1.29, 1.82) is 0 Å². The molecule has 1 atom stereocenters. The van der Waals surface area contributed by atoms with Gasteiger partial charge in [0.2, 0.25) is 0 Å². The quantitative estimate of drug-likeness (QED) is 0.0262. The average molecular weight is 942 g/mol. The second-order valence-corrected chi connectivity index (χ2v) is 19.9. The van der Waals surface area contributed by atoms with Gasteiger partial charge in [0.1, 0.15) is 13.2 Å². The van der Waals surface area contributed by atoms with Crippen LogP contribution in [0.15, 0.2) is 36.5 Å². The minimum atomic E-state index is -0.782. The Morgan fingerprint density at radius 3 is 0.910 bits per heavy atom. The van der Waals surface area contributed by atoms with Crippen molar-refractivity contribution in [2.45, 2.75) is 322 Å². The summed E-state index contributed by atoms with van der Waals surface area (Å²) in [5, 5.41) is 0. The third-order valence-corrected chi connectivity index (χ3v) is 13.2. The highest BCUT2D eigenvalue weighted by atomic mass is 16.6. The molecule has 0 bridgehead atoms. The van der Waals surface area contributed by atoms with Crippen molar-refractivity contribution in [3.63, 3.8) is 0 Å². The number of carbonyl (C=O) groups is 3. The third kappa shape index (κ3) is 54.4. The normalized spacial score (nSPS) is 12.2. The number of hydrogen-bond donors (Lipinski definition) is 0. The molecule has 0 rings (SSSR count). The summed E-state index contributed by atoms with van der Waals surface area (Å²) in [6, 6.07) is 0. The summed E-state index contributed by atoms with van der Waals surface area (Å²) in [6.45, 7) is 6.53. The van der Waals surface area contributed by atoms with E-state index < -0.39 is 6.10 Å². The zero-order chi connectivity index (χ0) is 48.6. The number of allylic oxidation sites excluding steroid dienone is 6. The van der Waals surface area contributed by atoms with Gasteiger partial charge < -0.3 is 14.2 Å². The van der Waals surface area contributed by atoms with E-state index in [9.17, 15) is 14.4 Å². The molecule has 67 heavy (non-hydrogen) atoms. The monoisotopic (exact) mass is 941 g/mol. The molecule has 0 aromatic heterocycles. The predicted molar refractivity (Wildman–Crippen MR) is 289 cm³/mol. The van der Waals surface area contributed by atoms with Crippen LogP contribution in [0, 0.1) is 0 Å². The minimum absolute atomic E-state index is 0.0796. The largest absolute Gasteiger partial charge is 0.462 e. The number of carbonyl (C=O) groups excluding carboxylic acids is 3. The van der Waals surface area contributed by atoms with E-state index in [2.05, 4.69) is 57.2 Å². The Balaban J connectivity index is 4.13. The lowest BCUT2D eigenvalue weighted by Gasteiger charge is -2.18. The highest BCUT2D eigenvalue weighted by molar-refractivity contribution is 5.71. The van der Waals surface area contributed by atoms with E-state index in [0.717, 1.165) is 83.5 Å². The van der Waals surface area contributed by atoms with Crippen LogP contribution in [-0.4, -0.2) is 37.2 Å². The molecule has 0 aromatic carbocycles. The molecular weight excluding hydrogens is 829 g/mol. The second-order valence-electron chi connectivity index (χ2n) is 19.9.